The number of nitrogens with zero attached hydrogens (tertiary/aromatic N) is 1. The van der Waals surface area contributed by atoms with Crippen LogP contribution in [0.25, 0.3) is 10.2 Å². The smallest absolute Gasteiger partial charge is 0.246 e. The average molecular weight is 413 g/mol. The van der Waals surface area contributed by atoms with Crippen LogP contribution in [-0.2, 0) is 34.0 Å². The molecule has 0 unspecified atom stereocenters. The average Bonchev–Trinajstić information content (AvgIpc) is 3.17. The van der Waals surface area contributed by atoms with Crippen LogP contribution in [-0.4, -0.2) is 43.8 Å². The molecule has 0 saturated carbocycles. The summed E-state index contributed by atoms with van der Waals surface area (Å²) in [5.74, 6) is -0.111. The lowest BCUT2D eigenvalue weighted by Crippen LogP contribution is -3.12. The van der Waals surface area contributed by atoms with Crippen LogP contribution in [0.4, 0.5) is 0 Å². The molecular formula is C22H26N3O3S+. The van der Waals surface area contributed by atoms with Crippen molar-refractivity contribution in [3.63, 3.8) is 0 Å². The zero-order valence-electron chi connectivity index (χ0n) is 16.4. The van der Waals surface area contributed by atoms with Crippen molar-refractivity contribution in [2.24, 2.45) is 0 Å². The van der Waals surface area contributed by atoms with E-state index >= 15 is 0 Å². The summed E-state index contributed by atoms with van der Waals surface area (Å²) in [7, 11) is 0. The van der Waals surface area contributed by atoms with Crippen molar-refractivity contribution in [1.29, 1.82) is 0 Å². The summed E-state index contributed by atoms with van der Waals surface area (Å²) in [6, 6.07) is 16.3. The number of morpholine rings is 1. The Labute approximate surface area is 174 Å². The molecule has 3 aromatic rings. The van der Waals surface area contributed by atoms with Crippen LogP contribution in [0, 0.1) is 0 Å². The monoisotopic (exact) mass is 412 g/mol. The van der Waals surface area contributed by atoms with Gasteiger partial charge < -0.3 is 19.7 Å². The second-order valence-corrected chi connectivity index (χ2v) is 8.27. The largest absolute Gasteiger partial charge is 0.370 e. The van der Waals surface area contributed by atoms with Crippen LogP contribution in [0.3, 0.4) is 0 Å². The van der Waals surface area contributed by atoms with Crippen molar-refractivity contribution in [3.05, 3.63) is 64.7 Å². The molecule has 1 aliphatic heterocycles. The Hall–Kier alpha value is -2.32. The van der Waals surface area contributed by atoms with Crippen molar-refractivity contribution in [2.45, 2.75) is 19.7 Å². The van der Waals surface area contributed by atoms with E-state index in [0.717, 1.165) is 53.6 Å². The Kier molecular flexibility index (Phi) is 6.84. The molecule has 29 heavy (non-hydrogen) atoms. The van der Waals surface area contributed by atoms with Crippen molar-refractivity contribution < 1.29 is 19.2 Å². The number of para-hydroxylation sites is 1. The van der Waals surface area contributed by atoms with Gasteiger partial charge in [-0.1, -0.05) is 36.4 Å². The van der Waals surface area contributed by atoms with E-state index in [4.69, 9.17) is 9.47 Å². The van der Waals surface area contributed by atoms with Crippen LogP contribution >= 0.6 is 11.3 Å². The Bertz CT molecular complexity index is 920. The first-order chi connectivity index (χ1) is 14.3. The fraction of sp³-hybridized carbons (Fsp3) is 0.364. The number of carbonyl (C=O) groups excluding carboxylic acids is 1. The summed E-state index contributed by atoms with van der Waals surface area (Å²) in [5.41, 5.74) is 3.41. The highest BCUT2D eigenvalue weighted by atomic mass is 32.1. The van der Waals surface area contributed by atoms with Gasteiger partial charge in [0, 0.05) is 12.1 Å². The van der Waals surface area contributed by atoms with Crippen molar-refractivity contribution in [3.8, 4) is 0 Å². The molecule has 1 aliphatic rings. The zero-order chi connectivity index (χ0) is 19.9. The normalized spacial score (nSPS) is 14.9. The number of hydrogen-bond donors (Lipinski definition) is 2. The number of hydrogen-bond acceptors (Lipinski definition) is 5. The van der Waals surface area contributed by atoms with Gasteiger partial charge in [-0.2, -0.15) is 0 Å². The Morgan fingerprint density at radius 1 is 1.10 bits per heavy atom. The maximum Gasteiger partial charge on any atom is 0.246 e. The van der Waals surface area contributed by atoms with Crippen LogP contribution in [0.1, 0.15) is 16.1 Å². The Balaban J connectivity index is 1.24. The molecule has 4 rings (SSSR count). The molecule has 152 valence electrons. The molecule has 0 bridgehead atoms. The van der Waals surface area contributed by atoms with E-state index in [2.05, 4.69) is 28.5 Å². The van der Waals surface area contributed by atoms with Crippen LogP contribution in [0.5, 0.6) is 0 Å². The van der Waals surface area contributed by atoms with Gasteiger partial charge in [-0.25, -0.2) is 4.98 Å². The molecule has 2 N–H and O–H groups in total. The van der Waals surface area contributed by atoms with E-state index < -0.39 is 0 Å². The fourth-order valence-electron chi connectivity index (χ4n) is 3.47. The van der Waals surface area contributed by atoms with Crippen LogP contribution in [0.2, 0.25) is 0 Å². The second-order valence-electron chi connectivity index (χ2n) is 7.15. The number of carbonyl (C=O) groups is 1. The first-order valence-electron chi connectivity index (χ1n) is 9.95. The highest BCUT2D eigenvalue weighted by Gasteiger charge is 2.16. The summed E-state index contributed by atoms with van der Waals surface area (Å²) in [6.07, 6.45) is 0. The van der Waals surface area contributed by atoms with E-state index in [0.29, 0.717) is 13.2 Å². The third-order valence-electron chi connectivity index (χ3n) is 5.03. The molecule has 1 saturated heterocycles. The minimum atomic E-state index is -0.111. The van der Waals surface area contributed by atoms with Crippen LogP contribution in [0.15, 0.2) is 48.5 Å². The number of aromatic nitrogens is 1. The minimum absolute atomic E-state index is 0.0345. The van der Waals surface area contributed by atoms with E-state index in [-0.39, 0.29) is 12.5 Å². The number of rotatable bonds is 8. The molecule has 0 atom stereocenters. The number of fused-ring (bicyclic) bond motifs is 1. The minimum Gasteiger partial charge on any atom is -0.370 e. The summed E-state index contributed by atoms with van der Waals surface area (Å²) < 4.78 is 12.1. The molecule has 0 radical (unpaired) electrons. The quantitative estimate of drug-likeness (QED) is 0.589. The standard InChI is InChI=1S/C22H25N3O3S/c26-21(15-28-16-22-24-19-7-3-4-8-20(19)29-22)23-13-17-5-1-2-6-18(17)14-25-9-11-27-12-10-25/h1-8H,9-16H2,(H,23,26)/p+1. The lowest BCUT2D eigenvalue weighted by atomic mass is 10.1. The number of benzene rings is 2. The van der Waals surface area contributed by atoms with Crippen molar-refractivity contribution in [1.82, 2.24) is 10.3 Å². The van der Waals surface area contributed by atoms with Gasteiger partial charge in [-0.05, 0) is 17.7 Å². The molecule has 1 amide bonds. The molecule has 7 heteroatoms. The lowest BCUT2D eigenvalue weighted by molar-refractivity contribution is -0.921. The second kappa shape index (κ2) is 9.93. The van der Waals surface area contributed by atoms with E-state index in [1.807, 2.05) is 30.3 Å². The number of ether oxygens (including phenoxy) is 2. The first kappa shape index (κ1) is 20.0. The highest BCUT2D eigenvalue weighted by Crippen LogP contribution is 2.21. The fourth-order valence-corrected chi connectivity index (χ4v) is 4.37. The molecule has 2 aromatic carbocycles. The van der Waals surface area contributed by atoms with Gasteiger partial charge in [-0.15, -0.1) is 11.3 Å². The van der Waals surface area contributed by atoms with Crippen LogP contribution < -0.4 is 10.2 Å². The predicted octanol–water partition coefficient (Wildman–Crippen LogP) is 1.54. The molecule has 0 aliphatic carbocycles. The molecule has 1 fully saturated rings. The Morgan fingerprint density at radius 3 is 2.69 bits per heavy atom. The van der Waals surface area contributed by atoms with Gasteiger partial charge >= 0.3 is 0 Å². The third-order valence-corrected chi connectivity index (χ3v) is 6.04. The lowest BCUT2D eigenvalue weighted by Gasteiger charge is -2.24. The molecule has 1 aromatic heterocycles. The number of nitrogens with one attached hydrogen (secondary N) is 2. The van der Waals surface area contributed by atoms with Gasteiger partial charge in [0.05, 0.1) is 30.0 Å². The number of amides is 1. The van der Waals surface area contributed by atoms with Crippen molar-refractivity contribution in [2.75, 3.05) is 32.9 Å². The predicted molar refractivity (Wildman–Crippen MR) is 113 cm³/mol. The highest BCUT2D eigenvalue weighted by molar-refractivity contribution is 7.18. The summed E-state index contributed by atoms with van der Waals surface area (Å²) in [4.78, 5) is 18.2. The van der Waals surface area contributed by atoms with E-state index in [1.54, 1.807) is 11.3 Å². The number of thiazole rings is 1. The number of quaternary nitrogens is 1. The van der Waals surface area contributed by atoms with Gasteiger partial charge in [-0.3, -0.25) is 4.79 Å². The summed E-state index contributed by atoms with van der Waals surface area (Å²) in [6.45, 7) is 5.56. The molecule has 6 nitrogen and oxygen atoms in total. The molecule has 2 heterocycles. The van der Waals surface area contributed by atoms with E-state index in [9.17, 15) is 4.79 Å². The maximum atomic E-state index is 12.2. The summed E-state index contributed by atoms with van der Waals surface area (Å²) in [5, 5.41) is 3.86. The van der Waals surface area contributed by atoms with Gasteiger partial charge in [0.1, 0.15) is 31.2 Å². The maximum absolute atomic E-state index is 12.2. The zero-order valence-corrected chi connectivity index (χ0v) is 17.2. The summed E-state index contributed by atoms with van der Waals surface area (Å²) >= 11 is 1.60. The molecule has 0 spiro atoms. The van der Waals surface area contributed by atoms with Gasteiger partial charge in [0.15, 0.2) is 0 Å². The topological polar surface area (TPSA) is 64.9 Å². The Morgan fingerprint density at radius 2 is 1.86 bits per heavy atom. The SMILES string of the molecule is O=C(COCc1nc2ccccc2s1)NCc1ccccc1C[NH+]1CCOCC1. The van der Waals surface area contributed by atoms with E-state index in [1.165, 1.54) is 10.5 Å². The third kappa shape index (κ3) is 5.61. The van der Waals surface area contributed by atoms with Gasteiger partial charge in [0.2, 0.25) is 5.91 Å². The molecular weight excluding hydrogens is 386 g/mol. The van der Waals surface area contributed by atoms with Gasteiger partial charge in [0.25, 0.3) is 0 Å². The first-order valence-corrected chi connectivity index (χ1v) is 10.8. The van der Waals surface area contributed by atoms with Crippen molar-refractivity contribution >= 4 is 27.5 Å².